The van der Waals surface area contributed by atoms with Crippen LogP contribution in [-0.2, 0) is 6.54 Å². The van der Waals surface area contributed by atoms with Gasteiger partial charge < -0.3 is 30.9 Å². The van der Waals surface area contributed by atoms with E-state index in [1.165, 1.54) is 34.9 Å². The number of carbonyl (C=O) groups excluding carboxylic acids is 3. The van der Waals surface area contributed by atoms with Gasteiger partial charge in [-0.2, -0.15) is 0 Å². The molecule has 11 nitrogen and oxygen atoms in total. The van der Waals surface area contributed by atoms with Crippen LogP contribution in [0.3, 0.4) is 0 Å². The van der Waals surface area contributed by atoms with Crippen LogP contribution in [0.25, 0.3) is 16.8 Å². The smallest absolute Gasteiger partial charge is 0.274 e. The predicted octanol–water partition coefficient (Wildman–Crippen LogP) is 3.94. The summed E-state index contributed by atoms with van der Waals surface area (Å²) in [6, 6.07) is 19.1. The average Bonchev–Trinajstić information content (AvgIpc) is 3.54. The van der Waals surface area contributed by atoms with Crippen LogP contribution in [-0.4, -0.2) is 83.5 Å². The summed E-state index contributed by atoms with van der Waals surface area (Å²) in [5.74, 6) is -3.15. The van der Waals surface area contributed by atoms with Gasteiger partial charge in [-0.1, -0.05) is 24.3 Å². The Morgan fingerprint density at radius 3 is 2.39 bits per heavy atom. The van der Waals surface area contributed by atoms with Crippen LogP contribution < -0.4 is 20.9 Å². The van der Waals surface area contributed by atoms with E-state index in [0.29, 0.717) is 16.8 Å². The lowest BCUT2D eigenvalue weighted by atomic mass is 10.0. The van der Waals surface area contributed by atoms with Gasteiger partial charge in [-0.25, -0.2) is 13.8 Å². The molecule has 0 spiro atoms. The standard InChI is InChI=1S/C36H35F2N7O4/c1-43-13-15-44(16-14-43)31-5-3-2-4-26(31)21-41-34(47)25-7-9-28(37)30(19-25)42-36(49)32-22-40-33-20-24(10-12-45(32)33)23-6-8-27(29(38)18-23)35(48)39-11-17-46/h2-10,12,18-20,22,46H,11,13-17,21H2,1H3,(H,39,48)(H,41,47)(H,42,49). The first kappa shape index (κ1) is 33.2. The summed E-state index contributed by atoms with van der Waals surface area (Å²) >= 11 is 0. The van der Waals surface area contributed by atoms with Crippen molar-refractivity contribution >= 4 is 34.7 Å². The Labute approximate surface area is 281 Å². The minimum atomic E-state index is -0.732. The molecule has 4 N–H and O–H groups in total. The summed E-state index contributed by atoms with van der Waals surface area (Å²) in [6.07, 6.45) is 2.91. The molecule has 1 aliphatic rings. The third kappa shape index (κ3) is 7.42. The van der Waals surface area contributed by atoms with Crippen molar-refractivity contribution in [3.05, 3.63) is 119 Å². The van der Waals surface area contributed by atoms with Crippen molar-refractivity contribution in [2.75, 3.05) is 56.6 Å². The van der Waals surface area contributed by atoms with Gasteiger partial charge in [0.15, 0.2) is 0 Å². The highest BCUT2D eigenvalue weighted by Crippen LogP contribution is 2.25. The maximum absolute atomic E-state index is 14.9. The summed E-state index contributed by atoms with van der Waals surface area (Å²) in [5, 5.41) is 16.8. The minimum absolute atomic E-state index is 0.00690. The van der Waals surface area contributed by atoms with E-state index in [0.717, 1.165) is 43.5 Å². The van der Waals surface area contributed by atoms with Crippen LogP contribution in [0.4, 0.5) is 20.2 Å². The SMILES string of the molecule is CN1CCN(c2ccccc2CNC(=O)c2ccc(F)c(NC(=O)c3cnc4cc(-c5ccc(C(=O)NCCO)c(F)c5)ccn34)c2)CC1. The highest BCUT2D eigenvalue weighted by molar-refractivity contribution is 6.04. The van der Waals surface area contributed by atoms with Gasteiger partial charge in [0.1, 0.15) is 23.0 Å². The highest BCUT2D eigenvalue weighted by Gasteiger charge is 2.20. The first-order chi connectivity index (χ1) is 23.7. The van der Waals surface area contributed by atoms with Gasteiger partial charge in [-0.3, -0.25) is 18.8 Å². The van der Waals surface area contributed by atoms with E-state index in [-0.39, 0.29) is 42.2 Å². The van der Waals surface area contributed by atoms with Crippen molar-refractivity contribution in [2.45, 2.75) is 6.54 Å². The largest absolute Gasteiger partial charge is 0.395 e. The number of aromatic nitrogens is 2. The Morgan fingerprint density at radius 1 is 0.837 bits per heavy atom. The quantitative estimate of drug-likeness (QED) is 0.178. The molecule has 3 heterocycles. The van der Waals surface area contributed by atoms with Gasteiger partial charge in [-0.15, -0.1) is 0 Å². The molecule has 0 unspecified atom stereocenters. The zero-order chi connectivity index (χ0) is 34.5. The second-order valence-electron chi connectivity index (χ2n) is 11.7. The molecule has 0 atom stereocenters. The number of hydrogen-bond donors (Lipinski definition) is 4. The van der Waals surface area contributed by atoms with Crippen LogP contribution in [0.15, 0.2) is 85.2 Å². The van der Waals surface area contributed by atoms with Crippen molar-refractivity contribution in [1.82, 2.24) is 24.9 Å². The Balaban J connectivity index is 1.13. The lowest BCUT2D eigenvalue weighted by Gasteiger charge is -2.35. The molecular weight excluding hydrogens is 632 g/mol. The Bertz CT molecular complexity index is 2020. The molecule has 252 valence electrons. The van der Waals surface area contributed by atoms with E-state index < -0.39 is 29.4 Å². The molecular formula is C36H35F2N7O4. The van der Waals surface area contributed by atoms with E-state index in [1.54, 1.807) is 24.4 Å². The van der Waals surface area contributed by atoms with Crippen LogP contribution in [0.2, 0.25) is 0 Å². The fourth-order valence-corrected chi connectivity index (χ4v) is 5.71. The van der Waals surface area contributed by atoms with Gasteiger partial charge >= 0.3 is 0 Å². The predicted molar refractivity (Wildman–Crippen MR) is 182 cm³/mol. The number of para-hydroxylation sites is 1. The molecule has 3 amide bonds. The van der Waals surface area contributed by atoms with Crippen LogP contribution in [0.1, 0.15) is 36.8 Å². The maximum Gasteiger partial charge on any atom is 0.274 e. The van der Waals surface area contributed by atoms with Gasteiger partial charge in [0.05, 0.1) is 24.1 Å². The lowest BCUT2D eigenvalue weighted by molar-refractivity contribution is 0.0936. The Morgan fingerprint density at radius 2 is 1.61 bits per heavy atom. The molecule has 49 heavy (non-hydrogen) atoms. The summed E-state index contributed by atoms with van der Waals surface area (Å²) in [7, 11) is 2.09. The van der Waals surface area contributed by atoms with Crippen molar-refractivity contribution in [3.8, 4) is 11.1 Å². The topological polar surface area (TPSA) is 131 Å². The van der Waals surface area contributed by atoms with Crippen molar-refractivity contribution in [3.63, 3.8) is 0 Å². The third-order valence-corrected chi connectivity index (χ3v) is 8.44. The number of benzene rings is 3. The number of halogens is 2. The number of likely N-dealkylation sites (N-methyl/N-ethyl adjacent to an activating group) is 1. The van der Waals surface area contributed by atoms with E-state index >= 15 is 0 Å². The summed E-state index contributed by atoms with van der Waals surface area (Å²) in [4.78, 5) is 47.4. The number of amides is 3. The summed E-state index contributed by atoms with van der Waals surface area (Å²) in [5.41, 5.74) is 3.44. The van der Waals surface area contributed by atoms with Crippen molar-refractivity contribution in [2.24, 2.45) is 0 Å². The van der Waals surface area contributed by atoms with Crippen LogP contribution in [0.5, 0.6) is 0 Å². The molecule has 13 heteroatoms. The second-order valence-corrected chi connectivity index (χ2v) is 11.7. The molecule has 1 saturated heterocycles. The van der Waals surface area contributed by atoms with Crippen LogP contribution in [0, 0.1) is 11.6 Å². The molecule has 3 aromatic carbocycles. The Kier molecular flexibility index (Phi) is 9.92. The fraction of sp³-hybridized carbons (Fsp3) is 0.222. The fourth-order valence-electron chi connectivity index (χ4n) is 5.71. The van der Waals surface area contributed by atoms with Crippen molar-refractivity contribution < 1.29 is 28.3 Å². The number of carbonyl (C=O) groups is 3. The molecule has 0 bridgehead atoms. The van der Waals surface area contributed by atoms with Gasteiger partial charge in [0.25, 0.3) is 17.7 Å². The first-order valence-electron chi connectivity index (χ1n) is 15.8. The number of pyridine rings is 1. The molecule has 2 aromatic heterocycles. The van der Waals surface area contributed by atoms with Crippen LogP contribution >= 0.6 is 0 Å². The molecule has 6 rings (SSSR count). The number of nitrogens with one attached hydrogen (secondary N) is 3. The van der Waals surface area contributed by atoms with Crippen molar-refractivity contribution in [1.29, 1.82) is 0 Å². The number of hydrogen-bond acceptors (Lipinski definition) is 7. The summed E-state index contributed by atoms with van der Waals surface area (Å²) < 4.78 is 31.1. The zero-order valence-corrected chi connectivity index (χ0v) is 26.7. The minimum Gasteiger partial charge on any atom is -0.395 e. The molecule has 0 saturated carbocycles. The maximum atomic E-state index is 14.9. The Hall–Kier alpha value is -5.66. The van der Waals surface area contributed by atoms with E-state index in [2.05, 4.69) is 37.8 Å². The van der Waals surface area contributed by atoms with Gasteiger partial charge in [-0.05, 0) is 72.3 Å². The molecule has 1 aliphatic heterocycles. The normalized spacial score (nSPS) is 13.3. The number of aliphatic hydroxyl groups is 1. The number of nitrogens with zero attached hydrogens (tertiary/aromatic N) is 4. The molecule has 0 radical (unpaired) electrons. The number of rotatable bonds is 10. The summed E-state index contributed by atoms with van der Waals surface area (Å²) in [6.45, 7) is 3.70. The second kappa shape index (κ2) is 14.6. The number of fused-ring (bicyclic) bond motifs is 1. The van der Waals surface area contributed by atoms with E-state index in [4.69, 9.17) is 5.11 Å². The lowest BCUT2D eigenvalue weighted by Crippen LogP contribution is -2.45. The highest BCUT2D eigenvalue weighted by atomic mass is 19.1. The molecule has 0 aliphatic carbocycles. The third-order valence-electron chi connectivity index (χ3n) is 8.44. The molecule has 5 aromatic rings. The van der Waals surface area contributed by atoms with Gasteiger partial charge in [0, 0.05) is 56.7 Å². The monoisotopic (exact) mass is 667 g/mol. The van der Waals surface area contributed by atoms with E-state index in [9.17, 15) is 23.2 Å². The number of piperazine rings is 1. The average molecular weight is 668 g/mol. The molecule has 1 fully saturated rings. The zero-order valence-electron chi connectivity index (χ0n) is 26.7. The number of anilines is 2. The van der Waals surface area contributed by atoms with E-state index in [1.807, 2.05) is 24.3 Å². The number of aliphatic hydroxyl groups excluding tert-OH is 1. The first-order valence-corrected chi connectivity index (χ1v) is 15.8. The van der Waals surface area contributed by atoms with Gasteiger partial charge in [0.2, 0.25) is 0 Å². The number of imidazole rings is 1.